The molecule has 0 saturated heterocycles. The van der Waals surface area contributed by atoms with Gasteiger partial charge < -0.3 is 4.57 Å². The molecule has 162 valence electrons. The van der Waals surface area contributed by atoms with Crippen LogP contribution in [0.3, 0.4) is 0 Å². The summed E-state index contributed by atoms with van der Waals surface area (Å²) >= 11 is 0. The van der Waals surface area contributed by atoms with Gasteiger partial charge in [0.05, 0.1) is 16.7 Å². The molecule has 2 aromatic heterocycles. The molecule has 0 fully saturated rings. The molecule has 0 aliphatic rings. The van der Waals surface area contributed by atoms with Gasteiger partial charge in [-0.1, -0.05) is 97.1 Å². The van der Waals surface area contributed by atoms with Gasteiger partial charge in [0.25, 0.3) is 0 Å². The number of pyridine rings is 2. The van der Waals surface area contributed by atoms with Gasteiger partial charge in [0.15, 0.2) is 7.14 Å². The second kappa shape index (κ2) is 8.37. The zero-order chi connectivity index (χ0) is 23.0. The molecule has 0 N–H and O–H groups in total. The molecule has 0 amide bonds. The van der Waals surface area contributed by atoms with Crippen LogP contribution in [-0.4, -0.2) is 9.97 Å². The average molecular weight is 456 g/mol. The predicted octanol–water partition coefficient (Wildman–Crippen LogP) is 6.09. The van der Waals surface area contributed by atoms with Crippen molar-refractivity contribution in [2.45, 2.75) is 0 Å². The fourth-order valence-corrected chi connectivity index (χ4v) is 7.11. The molecule has 4 heteroatoms. The van der Waals surface area contributed by atoms with Crippen LogP contribution in [0.15, 0.2) is 128 Å². The lowest BCUT2D eigenvalue weighted by Gasteiger charge is -2.20. The maximum absolute atomic E-state index is 14.6. The highest BCUT2D eigenvalue weighted by Gasteiger charge is 2.29. The van der Waals surface area contributed by atoms with Crippen LogP contribution in [0.4, 0.5) is 0 Å². The van der Waals surface area contributed by atoms with Gasteiger partial charge >= 0.3 is 0 Å². The molecule has 0 aliphatic heterocycles. The summed E-state index contributed by atoms with van der Waals surface area (Å²) in [4.78, 5) is 9.43. The lowest BCUT2D eigenvalue weighted by atomic mass is 10.1. The maximum Gasteiger partial charge on any atom is 0.171 e. The number of benzene rings is 4. The smallest absolute Gasteiger partial charge is 0.171 e. The van der Waals surface area contributed by atoms with Gasteiger partial charge in [-0.3, -0.25) is 4.98 Å². The summed E-state index contributed by atoms with van der Waals surface area (Å²) in [5.74, 6) is 0. The third kappa shape index (κ3) is 3.42. The van der Waals surface area contributed by atoms with Crippen LogP contribution in [0, 0.1) is 0 Å². The molecule has 0 unspecified atom stereocenters. The molecule has 2 heterocycles. The number of hydrogen-bond donors (Lipinski definition) is 0. The molecule has 0 bridgehead atoms. The molecular weight excluding hydrogens is 435 g/mol. The van der Waals surface area contributed by atoms with Crippen molar-refractivity contribution in [1.29, 1.82) is 0 Å². The van der Waals surface area contributed by atoms with E-state index in [0.717, 1.165) is 49.0 Å². The van der Waals surface area contributed by atoms with E-state index >= 15 is 0 Å². The Morgan fingerprint density at radius 3 is 1.85 bits per heavy atom. The zero-order valence-corrected chi connectivity index (χ0v) is 19.3. The van der Waals surface area contributed by atoms with E-state index in [1.165, 1.54) is 0 Å². The summed E-state index contributed by atoms with van der Waals surface area (Å²) in [6, 6.07) is 39.7. The van der Waals surface area contributed by atoms with E-state index in [9.17, 15) is 4.57 Å². The van der Waals surface area contributed by atoms with E-state index in [0.29, 0.717) is 0 Å². The summed E-state index contributed by atoms with van der Waals surface area (Å²) < 4.78 is 14.6. The molecule has 4 aromatic carbocycles. The lowest BCUT2D eigenvalue weighted by molar-refractivity contribution is 0.592. The highest BCUT2D eigenvalue weighted by Crippen LogP contribution is 2.42. The lowest BCUT2D eigenvalue weighted by Crippen LogP contribution is -2.24. The molecule has 0 saturated carbocycles. The van der Waals surface area contributed by atoms with E-state index in [4.69, 9.17) is 4.98 Å². The summed E-state index contributed by atoms with van der Waals surface area (Å²) in [7, 11) is -2.99. The normalized spacial score (nSPS) is 11.6. The molecule has 0 spiro atoms. The van der Waals surface area contributed by atoms with Crippen molar-refractivity contribution < 1.29 is 4.57 Å². The molecule has 0 radical (unpaired) electrons. The van der Waals surface area contributed by atoms with E-state index in [1.807, 2.05) is 103 Å². The first-order valence-corrected chi connectivity index (χ1v) is 12.9. The van der Waals surface area contributed by atoms with Crippen molar-refractivity contribution in [2.24, 2.45) is 0 Å². The van der Waals surface area contributed by atoms with Crippen molar-refractivity contribution in [3.63, 3.8) is 0 Å². The van der Waals surface area contributed by atoms with Crippen molar-refractivity contribution in [3.8, 4) is 11.3 Å². The first kappa shape index (κ1) is 20.5. The Kier molecular flexibility index (Phi) is 5.05. The highest BCUT2D eigenvalue weighted by atomic mass is 31.2. The van der Waals surface area contributed by atoms with Crippen molar-refractivity contribution in [3.05, 3.63) is 128 Å². The van der Waals surface area contributed by atoms with E-state index in [1.54, 1.807) is 6.20 Å². The van der Waals surface area contributed by atoms with Crippen molar-refractivity contribution in [2.75, 3.05) is 0 Å². The quantitative estimate of drug-likeness (QED) is 0.238. The van der Waals surface area contributed by atoms with E-state index in [-0.39, 0.29) is 0 Å². The number of hydrogen-bond acceptors (Lipinski definition) is 3. The average Bonchev–Trinajstić information content (AvgIpc) is 2.93. The van der Waals surface area contributed by atoms with Crippen LogP contribution in [0.1, 0.15) is 0 Å². The Hall–Kier alpha value is -4.07. The van der Waals surface area contributed by atoms with Crippen LogP contribution >= 0.6 is 7.14 Å². The maximum atomic E-state index is 14.6. The minimum Gasteiger partial charge on any atom is -0.309 e. The number of nitrogens with zero attached hydrogens (tertiary/aromatic N) is 2. The Balaban J connectivity index is 1.47. The van der Waals surface area contributed by atoms with Crippen LogP contribution in [0.25, 0.3) is 33.1 Å². The summed E-state index contributed by atoms with van der Waals surface area (Å²) in [6.07, 6.45) is 1.80. The Morgan fingerprint density at radius 2 is 1.18 bits per heavy atom. The summed E-state index contributed by atoms with van der Waals surface area (Å²) in [5, 5.41) is 4.59. The molecule has 0 aliphatic carbocycles. The number of rotatable bonds is 4. The SMILES string of the molecule is O=P(c1ccccc1)(c1ccccc1)c1ccc(-c2ccc3ccc4ncccc4c3n2)cc1. The van der Waals surface area contributed by atoms with Gasteiger partial charge in [0.2, 0.25) is 0 Å². The largest absolute Gasteiger partial charge is 0.309 e. The summed E-state index contributed by atoms with van der Waals surface area (Å²) in [5.41, 5.74) is 3.73. The van der Waals surface area contributed by atoms with Gasteiger partial charge in [0, 0.05) is 38.4 Å². The monoisotopic (exact) mass is 456 g/mol. The van der Waals surface area contributed by atoms with Gasteiger partial charge in [-0.25, -0.2) is 4.98 Å². The minimum absolute atomic E-state index is 0.809. The standard InChI is InChI=1S/C30H21N2OP/c33-34(24-8-3-1-4-9-24,25-10-5-2-6-11-25)26-17-13-22(14-18-26)28-19-15-23-16-20-29-27(30(23)32-28)12-7-21-31-29/h1-21H. The minimum atomic E-state index is -2.99. The highest BCUT2D eigenvalue weighted by molar-refractivity contribution is 7.85. The third-order valence-electron chi connectivity index (χ3n) is 6.21. The third-order valence-corrected chi connectivity index (χ3v) is 9.28. The fourth-order valence-electron chi connectivity index (χ4n) is 4.47. The first-order valence-electron chi connectivity index (χ1n) is 11.2. The van der Waals surface area contributed by atoms with E-state index in [2.05, 4.69) is 23.2 Å². The molecule has 3 nitrogen and oxygen atoms in total. The van der Waals surface area contributed by atoms with Crippen LogP contribution in [0.5, 0.6) is 0 Å². The van der Waals surface area contributed by atoms with Crippen LogP contribution in [0.2, 0.25) is 0 Å². The van der Waals surface area contributed by atoms with Crippen molar-refractivity contribution in [1.82, 2.24) is 9.97 Å². The van der Waals surface area contributed by atoms with E-state index < -0.39 is 7.14 Å². The van der Waals surface area contributed by atoms with Gasteiger partial charge in [0.1, 0.15) is 0 Å². The van der Waals surface area contributed by atoms with Gasteiger partial charge in [-0.2, -0.15) is 0 Å². The second-order valence-electron chi connectivity index (χ2n) is 8.23. The fraction of sp³-hybridized carbons (Fsp3) is 0. The second-order valence-corrected chi connectivity index (χ2v) is 11.0. The Labute approximate surface area is 198 Å². The molecule has 6 rings (SSSR count). The van der Waals surface area contributed by atoms with Crippen molar-refractivity contribution >= 4 is 44.9 Å². The van der Waals surface area contributed by atoms with Gasteiger partial charge in [-0.05, 0) is 24.3 Å². The van der Waals surface area contributed by atoms with Gasteiger partial charge in [-0.15, -0.1) is 0 Å². The first-order chi connectivity index (χ1) is 16.7. The predicted molar refractivity (Wildman–Crippen MR) is 142 cm³/mol. The number of fused-ring (bicyclic) bond motifs is 3. The molecular formula is C30H21N2OP. The molecule has 6 aromatic rings. The Bertz CT molecular complexity index is 1620. The molecule has 0 atom stereocenters. The van der Waals surface area contributed by atoms with Crippen LogP contribution < -0.4 is 15.9 Å². The molecule has 34 heavy (non-hydrogen) atoms. The van der Waals surface area contributed by atoms with Crippen LogP contribution in [-0.2, 0) is 4.57 Å². The zero-order valence-electron chi connectivity index (χ0n) is 18.4. The number of aromatic nitrogens is 2. The summed E-state index contributed by atoms with van der Waals surface area (Å²) in [6.45, 7) is 0. The topological polar surface area (TPSA) is 42.9 Å². The Morgan fingerprint density at radius 1 is 0.559 bits per heavy atom.